The summed E-state index contributed by atoms with van der Waals surface area (Å²) in [4.78, 5) is 38.5. The van der Waals surface area contributed by atoms with Gasteiger partial charge in [-0.25, -0.2) is 28.2 Å². The maximum Gasteiger partial charge on any atom is 0.324 e. The summed E-state index contributed by atoms with van der Waals surface area (Å²) in [5.74, 6) is -1.11. The van der Waals surface area contributed by atoms with Crippen LogP contribution in [-0.4, -0.2) is 87.9 Å². The summed E-state index contributed by atoms with van der Waals surface area (Å²) in [6.07, 6.45) is -0.207. The Morgan fingerprint density at radius 3 is 2.43 bits per heavy atom. The number of nitrogens with one attached hydrogen (secondary N) is 3. The Hall–Kier alpha value is -3.70. The molecule has 2 aromatic heterocycles. The Balaban J connectivity index is 1.33. The molecule has 0 unspecified atom stereocenters. The minimum absolute atomic E-state index is 0.110. The first kappa shape index (κ1) is 29.8. The Bertz CT molecular complexity index is 1590. The van der Waals surface area contributed by atoms with E-state index in [4.69, 9.17) is 14.2 Å². The van der Waals surface area contributed by atoms with Crippen LogP contribution >= 0.6 is 0 Å². The molecule has 3 amide bonds. The number of aromatic nitrogens is 4. The number of anilines is 2. The lowest BCUT2D eigenvalue weighted by molar-refractivity contribution is -0.197. The highest BCUT2D eigenvalue weighted by Gasteiger charge is 2.58. The minimum atomic E-state index is -3.66. The van der Waals surface area contributed by atoms with Crippen LogP contribution in [0.15, 0.2) is 41.8 Å². The summed E-state index contributed by atoms with van der Waals surface area (Å²) >= 11 is 0. The molecule has 1 aromatic carbocycles. The number of carbonyl (C=O) groups is 2. The molecule has 42 heavy (non-hydrogen) atoms. The van der Waals surface area contributed by atoms with Gasteiger partial charge in [-0.05, 0) is 58.9 Å². The fraction of sp³-hybridized carbons (Fsp3) is 0.500. The number of sulfonamides is 1. The van der Waals surface area contributed by atoms with Gasteiger partial charge in [0.25, 0.3) is 5.91 Å². The van der Waals surface area contributed by atoms with Gasteiger partial charge >= 0.3 is 6.03 Å². The molecule has 5 rings (SSSR count). The van der Waals surface area contributed by atoms with Crippen molar-refractivity contribution in [2.24, 2.45) is 0 Å². The topological polar surface area (TPSA) is 179 Å². The number of urea groups is 1. The molecule has 0 aliphatic carbocycles. The second kappa shape index (κ2) is 11.2. The number of imidazole rings is 1. The van der Waals surface area contributed by atoms with Crippen LogP contribution in [0.1, 0.15) is 40.8 Å². The van der Waals surface area contributed by atoms with Crippen LogP contribution in [-0.2, 0) is 29.0 Å². The number of ether oxygens (including phenoxy) is 3. The molecule has 2 aliphatic rings. The Kier molecular flexibility index (Phi) is 7.93. The summed E-state index contributed by atoms with van der Waals surface area (Å²) in [6.45, 7) is 9.34. The molecule has 0 saturated carbocycles. The lowest BCUT2D eigenvalue weighted by atomic mass is 10.1. The van der Waals surface area contributed by atoms with Gasteiger partial charge in [0.05, 0.1) is 11.2 Å². The number of rotatable bonds is 8. The molecule has 0 spiro atoms. The van der Waals surface area contributed by atoms with E-state index in [9.17, 15) is 18.0 Å². The van der Waals surface area contributed by atoms with Crippen molar-refractivity contribution in [3.05, 3.63) is 36.9 Å². The normalized spacial score (nSPS) is 23.3. The van der Waals surface area contributed by atoms with E-state index >= 15 is 0 Å². The number of fused-ring (bicyclic) bond motifs is 2. The first-order chi connectivity index (χ1) is 19.8. The highest BCUT2D eigenvalue weighted by Crippen LogP contribution is 2.44. The van der Waals surface area contributed by atoms with E-state index in [0.717, 1.165) is 0 Å². The smallest absolute Gasteiger partial charge is 0.324 e. The third-order valence-corrected chi connectivity index (χ3v) is 9.07. The van der Waals surface area contributed by atoms with Crippen molar-refractivity contribution in [1.82, 2.24) is 29.1 Å². The zero-order valence-electron chi connectivity index (χ0n) is 24.1. The van der Waals surface area contributed by atoms with Gasteiger partial charge in [0, 0.05) is 25.3 Å². The van der Waals surface area contributed by atoms with Crippen LogP contribution in [0.25, 0.3) is 11.2 Å². The second-order valence-corrected chi connectivity index (χ2v) is 12.7. The van der Waals surface area contributed by atoms with Crippen molar-refractivity contribution in [1.29, 1.82) is 0 Å². The Morgan fingerprint density at radius 1 is 1.07 bits per heavy atom. The third kappa shape index (κ3) is 5.55. The summed E-state index contributed by atoms with van der Waals surface area (Å²) in [6, 6.07) is 5.01. The molecule has 3 N–H and O–H groups in total. The third-order valence-electron chi connectivity index (χ3n) is 7.02. The van der Waals surface area contributed by atoms with Crippen LogP contribution in [0.3, 0.4) is 0 Å². The highest BCUT2D eigenvalue weighted by molar-refractivity contribution is 7.89. The summed E-state index contributed by atoms with van der Waals surface area (Å²) in [5.41, 5.74) is 1.00. The maximum atomic E-state index is 12.8. The predicted octanol–water partition coefficient (Wildman–Crippen LogP) is 2.05. The van der Waals surface area contributed by atoms with E-state index in [1.165, 1.54) is 48.3 Å². The quantitative estimate of drug-likeness (QED) is 0.346. The molecule has 3 aromatic rings. The molecule has 15 nitrogen and oxygen atoms in total. The lowest BCUT2D eigenvalue weighted by Gasteiger charge is -2.24. The zero-order chi connectivity index (χ0) is 30.4. The number of carbonyl (C=O) groups excluding carboxylic acids is 2. The molecule has 2 saturated heterocycles. The molecule has 0 bridgehead atoms. The number of benzene rings is 1. The number of hydrogen-bond donors (Lipinski definition) is 3. The predicted molar refractivity (Wildman–Crippen MR) is 151 cm³/mol. The number of likely N-dealkylation sites (N-methyl/N-ethyl adjacent to an activating group) is 1. The van der Waals surface area contributed by atoms with E-state index in [2.05, 4.69) is 30.9 Å². The zero-order valence-corrected chi connectivity index (χ0v) is 24.9. The van der Waals surface area contributed by atoms with E-state index in [1.54, 1.807) is 32.3 Å². The maximum absolute atomic E-state index is 12.8. The van der Waals surface area contributed by atoms with Crippen LogP contribution in [0.2, 0.25) is 0 Å². The molecule has 2 fully saturated rings. The van der Waals surface area contributed by atoms with Gasteiger partial charge in [-0.2, -0.15) is 4.31 Å². The highest BCUT2D eigenvalue weighted by atomic mass is 32.2. The van der Waals surface area contributed by atoms with Crippen LogP contribution in [0.5, 0.6) is 0 Å². The lowest BCUT2D eigenvalue weighted by Crippen LogP contribution is -2.42. The van der Waals surface area contributed by atoms with Crippen molar-refractivity contribution < 1.29 is 32.2 Å². The molecule has 4 heterocycles. The fourth-order valence-electron chi connectivity index (χ4n) is 4.84. The Labute approximate surface area is 243 Å². The summed E-state index contributed by atoms with van der Waals surface area (Å²) < 4.78 is 46.5. The van der Waals surface area contributed by atoms with Crippen LogP contribution in [0, 0.1) is 0 Å². The van der Waals surface area contributed by atoms with E-state index in [-0.39, 0.29) is 28.2 Å². The van der Waals surface area contributed by atoms with E-state index in [0.29, 0.717) is 17.9 Å². The first-order valence-corrected chi connectivity index (χ1v) is 14.9. The van der Waals surface area contributed by atoms with Gasteiger partial charge < -0.3 is 24.8 Å². The second-order valence-electron chi connectivity index (χ2n) is 10.7. The average molecular weight is 603 g/mol. The molecule has 2 aliphatic heterocycles. The standard InChI is InChI=1S/C26H34N8O7S/c1-7-27-23(35)19-18-20(41-26(4,5)40-18)24(39-19)34-13-30-17-21(28-12-29-22(17)34)32-25(36)31-15-8-10-16(11-9-15)42(37,38)33(6)14(2)3/h8-14,18-20,24H,7H2,1-6H3,(H,27,35)(H2,28,29,31,32,36)/t18-,19+,20-,24-/m1/s1. The van der Waals surface area contributed by atoms with Crippen molar-refractivity contribution in [3.63, 3.8) is 0 Å². The van der Waals surface area contributed by atoms with Crippen molar-refractivity contribution in [2.75, 3.05) is 24.2 Å². The van der Waals surface area contributed by atoms with E-state index in [1.807, 2.05) is 6.92 Å². The van der Waals surface area contributed by atoms with Gasteiger partial charge in [0.1, 0.15) is 18.5 Å². The van der Waals surface area contributed by atoms with Gasteiger partial charge in [-0.3, -0.25) is 14.7 Å². The fourth-order valence-corrected chi connectivity index (χ4v) is 6.21. The number of amides is 3. The van der Waals surface area contributed by atoms with Gasteiger partial charge in [0.2, 0.25) is 10.0 Å². The molecular weight excluding hydrogens is 568 g/mol. The number of hydrogen-bond acceptors (Lipinski definition) is 10. The van der Waals surface area contributed by atoms with Gasteiger partial charge in [-0.1, -0.05) is 0 Å². The average Bonchev–Trinajstić information content (AvgIpc) is 3.59. The summed E-state index contributed by atoms with van der Waals surface area (Å²) in [7, 11) is -2.14. The number of nitrogens with zero attached hydrogens (tertiary/aromatic N) is 5. The Morgan fingerprint density at radius 2 is 1.76 bits per heavy atom. The monoisotopic (exact) mass is 602 g/mol. The minimum Gasteiger partial charge on any atom is -0.354 e. The molecule has 0 radical (unpaired) electrons. The van der Waals surface area contributed by atoms with Gasteiger partial charge in [0.15, 0.2) is 35.1 Å². The van der Waals surface area contributed by atoms with Crippen molar-refractivity contribution >= 4 is 44.6 Å². The van der Waals surface area contributed by atoms with Crippen LogP contribution < -0.4 is 16.0 Å². The largest absolute Gasteiger partial charge is 0.354 e. The van der Waals surface area contributed by atoms with Crippen LogP contribution in [0.4, 0.5) is 16.3 Å². The molecular formula is C26H34N8O7S. The van der Waals surface area contributed by atoms with Crippen molar-refractivity contribution in [2.45, 2.75) is 75.9 Å². The van der Waals surface area contributed by atoms with Crippen molar-refractivity contribution in [3.8, 4) is 0 Å². The molecule has 226 valence electrons. The molecule has 16 heteroatoms. The summed E-state index contributed by atoms with van der Waals surface area (Å²) in [5, 5.41) is 8.08. The first-order valence-electron chi connectivity index (χ1n) is 13.4. The van der Waals surface area contributed by atoms with E-state index < -0.39 is 46.4 Å². The molecule has 4 atom stereocenters. The SMILES string of the molecule is CCNC(=O)[C@H]1O[C@@H](n2cnc3c(NC(=O)Nc4ccc(S(=O)(=O)N(C)C(C)C)cc4)ncnc32)[C@@H]2OC(C)(C)O[C@@H]21. The van der Waals surface area contributed by atoms with Gasteiger partial charge in [-0.15, -0.1) is 0 Å².